The summed E-state index contributed by atoms with van der Waals surface area (Å²) >= 11 is 3.36. The van der Waals surface area contributed by atoms with E-state index in [1.807, 2.05) is 66.7 Å². The predicted molar refractivity (Wildman–Crippen MR) is 110 cm³/mol. The van der Waals surface area contributed by atoms with E-state index in [0.717, 1.165) is 28.0 Å². The number of hydrogen-bond donors (Lipinski definition) is 0. The fourth-order valence-electron chi connectivity index (χ4n) is 2.41. The van der Waals surface area contributed by atoms with E-state index in [-0.39, 0.29) is 0 Å². The molecule has 0 saturated carbocycles. The van der Waals surface area contributed by atoms with Gasteiger partial charge in [0.15, 0.2) is 0 Å². The zero-order chi connectivity index (χ0) is 18.0. The van der Waals surface area contributed by atoms with E-state index >= 15 is 0 Å². The van der Waals surface area contributed by atoms with Crippen LogP contribution in [0, 0.1) is 0 Å². The van der Waals surface area contributed by atoms with E-state index in [0.29, 0.717) is 0 Å². The Balaban J connectivity index is 0.000000206. The van der Waals surface area contributed by atoms with Crippen LogP contribution in [0.25, 0.3) is 22.6 Å². The molecule has 4 rings (SSSR count). The highest BCUT2D eigenvalue weighted by Crippen LogP contribution is 2.26. The van der Waals surface area contributed by atoms with Gasteiger partial charge in [0.2, 0.25) is 0 Å². The summed E-state index contributed by atoms with van der Waals surface area (Å²) in [6, 6.07) is 25.9. The third kappa shape index (κ3) is 4.83. The number of alkyl halides is 1. The molecule has 0 radical (unpaired) electrons. The maximum Gasteiger partial charge on any atom is 0.0980 e. The molecule has 26 heavy (non-hydrogen) atoms. The van der Waals surface area contributed by atoms with Gasteiger partial charge in [-0.3, -0.25) is 15.0 Å². The van der Waals surface area contributed by atoms with Crippen LogP contribution in [0.4, 0.5) is 0 Å². The quantitative estimate of drug-likeness (QED) is 0.406. The van der Waals surface area contributed by atoms with Crippen LogP contribution >= 0.6 is 15.9 Å². The maximum atomic E-state index is 4.42. The summed E-state index contributed by atoms with van der Waals surface area (Å²) in [5.41, 5.74) is 4.95. The molecule has 4 heteroatoms. The van der Waals surface area contributed by atoms with Gasteiger partial charge < -0.3 is 0 Å². The first-order valence-electron chi connectivity index (χ1n) is 8.26. The van der Waals surface area contributed by atoms with Gasteiger partial charge in [0.1, 0.15) is 0 Å². The SMILES string of the molecule is BrCc1ccccc1.c1ccc(-c2cccnc2-c2ccccn2)nc1. The Labute approximate surface area is 161 Å². The monoisotopic (exact) mass is 403 g/mol. The highest BCUT2D eigenvalue weighted by atomic mass is 79.9. The van der Waals surface area contributed by atoms with Crippen molar-refractivity contribution in [3.8, 4) is 22.6 Å². The second kappa shape index (κ2) is 9.59. The lowest BCUT2D eigenvalue weighted by molar-refractivity contribution is 1.23. The van der Waals surface area contributed by atoms with Gasteiger partial charge in [0.05, 0.1) is 17.1 Å². The van der Waals surface area contributed by atoms with Crippen LogP contribution in [0.5, 0.6) is 0 Å². The van der Waals surface area contributed by atoms with Crippen LogP contribution in [0.2, 0.25) is 0 Å². The summed E-state index contributed by atoms with van der Waals surface area (Å²) in [6.07, 6.45) is 5.33. The Bertz CT molecular complexity index is 855. The van der Waals surface area contributed by atoms with Crippen LogP contribution in [-0.2, 0) is 5.33 Å². The molecule has 0 aliphatic carbocycles. The molecule has 0 aliphatic rings. The van der Waals surface area contributed by atoms with Gasteiger partial charge in [-0.1, -0.05) is 58.4 Å². The number of benzene rings is 1. The van der Waals surface area contributed by atoms with E-state index in [9.17, 15) is 0 Å². The van der Waals surface area contributed by atoms with Crippen LogP contribution in [0.1, 0.15) is 5.56 Å². The zero-order valence-corrected chi connectivity index (χ0v) is 15.8. The maximum absolute atomic E-state index is 4.42. The summed E-state index contributed by atoms with van der Waals surface area (Å²) in [5.74, 6) is 0. The van der Waals surface area contributed by atoms with Crippen molar-refractivity contribution in [3.63, 3.8) is 0 Å². The lowest BCUT2D eigenvalue weighted by Gasteiger charge is -2.06. The van der Waals surface area contributed by atoms with Crippen molar-refractivity contribution < 1.29 is 0 Å². The van der Waals surface area contributed by atoms with Crippen molar-refractivity contribution >= 4 is 15.9 Å². The van der Waals surface area contributed by atoms with Gasteiger partial charge in [0.25, 0.3) is 0 Å². The number of hydrogen-bond acceptors (Lipinski definition) is 3. The van der Waals surface area contributed by atoms with Gasteiger partial charge in [-0.2, -0.15) is 0 Å². The molecule has 0 unspecified atom stereocenters. The molecule has 0 fully saturated rings. The largest absolute Gasteiger partial charge is 0.256 e. The lowest BCUT2D eigenvalue weighted by Crippen LogP contribution is -1.92. The number of aromatic nitrogens is 3. The van der Waals surface area contributed by atoms with E-state index < -0.39 is 0 Å². The van der Waals surface area contributed by atoms with Crippen molar-refractivity contribution in [2.24, 2.45) is 0 Å². The molecule has 3 aromatic heterocycles. The van der Waals surface area contributed by atoms with Crippen LogP contribution in [-0.4, -0.2) is 15.0 Å². The average molecular weight is 404 g/mol. The van der Waals surface area contributed by atoms with Crippen molar-refractivity contribution in [1.82, 2.24) is 15.0 Å². The third-order valence-corrected chi connectivity index (χ3v) is 4.30. The summed E-state index contributed by atoms with van der Waals surface area (Å²) < 4.78 is 0. The molecule has 0 spiro atoms. The number of nitrogens with zero attached hydrogens (tertiary/aromatic N) is 3. The highest BCUT2D eigenvalue weighted by molar-refractivity contribution is 9.08. The van der Waals surface area contributed by atoms with Crippen LogP contribution < -0.4 is 0 Å². The molecule has 0 amide bonds. The molecule has 0 N–H and O–H groups in total. The van der Waals surface area contributed by atoms with E-state index in [1.54, 1.807) is 18.6 Å². The molecule has 128 valence electrons. The Morgan fingerprint density at radius 3 is 1.77 bits per heavy atom. The summed E-state index contributed by atoms with van der Waals surface area (Å²) in [5, 5.41) is 0.952. The smallest absolute Gasteiger partial charge is 0.0980 e. The fourth-order valence-corrected chi connectivity index (χ4v) is 2.78. The van der Waals surface area contributed by atoms with Crippen molar-refractivity contribution in [2.45, 2.75) is 5.33 Å². The molecular weight excluding hydrogens is 386 g/mol. The fraction of sp³-hybridized carbons (Fsp3) is 0.0455. The zero-order valence-electron chi connectivity index (χ0n) is 14.2. The molecule has 3 nitrogen and oxygen atoms in total. The van der Waals surface area contributed by atoms with Crippen molar-refractivity contribution in [3.05, 3.63) is 103 Å². The summed E-state index contributed by atoms with van der Waals surface area (Å²) in [6.45, 7) is 0. The molecular formula is C22H18BrN3. The van der Waals surface area contributed by atoms with Gasteiger partial charge in [-0.05, 0) is 42.0 Å². The number of halogens is 1. The normalized spacial score (nSPS) is 9.88. The minimum atomic E-state index is 0.858. The third-order valence-electron chi connectivity index (χ3n) is 3.65. The molecule has 3 heterocycles. The average Bonchev–Trinajstić information content (AvgIpc) is 2.76. The highest BCUT2D eigenvalue weighted by Gasteiger charge is 2.09. The molecule has 0 aliphatic heterocycles. The van der Waals surface area contributed by atoms with Gasteiger partial charge in [-0.15, -0.1) is 0 Å². The van der Waals surface area contributed by atoms with Crippen LogP contribution in [0.3, 0.4) is 0 Å². The molecule has 4 aromatic rings. The molecule has 0 atom stereocenters. The first-order chi connectivity index (χ1) is 12.9. The van der Waals surface area contributed by atoms with E-state index in [2.05, 4.69) is 43.0 Å². The van der Waals surface area contributed by atoms with Crippen molar-refractivity contribution in [1.29, 1.82) is 0 Å². The van der Waals surface area contributed by atoms with Crippen molar-refractivity contribution in [2.75, 3.05) is 0 Å². The standard InChI is InChI=1S/C15H11N3.C7H7Br/c1-3-9-16-13(7-1)12-6-5-11-18-15(12)14-8-2-4-10-17-14;8-6-7-4-2-1-3-5-7/h1-11H;1-5H,6H2. The first-order valence-corrected chi connectivity index (χ1v) is 9.38. The Morgan fingerprint density at radius 1 is 0.577 bits per heavy atom. The molecule has 1 aromatic carbocycles. The Hall–Kier alpha value is -2.85. The first kappa shape index (κ1) is 18.0. The topological polar surface area (TPSA) is 38.7 Å². The second-order valence-corrected chi connectivity index (χ2v) is 6.01. The Morgan fingerprint density at radius 2 is 1.19 bits per heavy atom. The van der Waals surface area contributed by atoms with Gasteiger partial charge >= 0.3 is 0 Å². The minimum absolute atomic E-state index is 0.858. The molecule has 0 bridgehead atoms. The van der Waals surface area contributed by atoms with Crippen LogP contribution in [0.15, 0.2) is 97.5 Å². The van der Waals surface area contributed by atoms with Gasteiger partial charge in [0, 0.05) is 29.5 Å². The lowest BCUT2D eigenvalue weighted by atomic mass is 10.1. The number of pyridine rings is 3. The van der Waals surface area contributed by atoms with E-state index in [1.165, 1.54) is 5.56 Å². The Kier molecular flexibility index (Phi) is 6.62. The molecule has 0 saturated heterocycles. The second-order valence-electron chi connectivity index (χ2n) is 5.45. The van der Waals surface area contributed by atoms with E-state index in [4.69, 9.17) is 0 Å². The van der Waals surface area contributed by atoms with Gasteiger partial charge in [-0.25, -0.2) is 0 Å². The predicted octanol–water partition coefficient (Wildman–Crippen LogP) is 5.79. The minimum Gasteiger partial charge on any atom is -0.256 e. The summed E-state index contributed by atoms with van der Waals surface area (Å²) in [4.78, 5) is 13.1. The number of rotatable bonds is 3. The summed E-state index contributed by atoms with van der Waals surface area (Å²) in [7, 11) is 0.